The van der Waals surface area contributed by atoms with Crippen LogP contribution in [0.25, 0.3) is 0 Å². The molecule has 1 N–H and O–H groups in total. The summed E-state index contributed by atoms with van der Waals surface area (Å²) in [7, 11) is 0. The zero-order valence-electron chi connectivity index (χ0n) is 17.5. The third-order valence-corrected chi connectivity index (χ3v) is 7.36. The van der Waals surface area contributed by atoms with E-state index in [9.17, 15) is 4.79 Å². The minimum atomic E-state index is 0.117. The summed E-state index contributed by atoms with van der Waals surface area (Å²) in [6, 6.07) is 1.06. The lowest BCUT2D eigenvalue weighted by molar-refractivity contribution is -0.119. The van der Waals surface area contributed by atoms with Crippen LogP contribution in [0.5, 0.6) is 0 Å². The van der Waals surface area contributed by atoms with Crippen LogP contribution in [-0.2, 0) is 9.53 Å². The molecule has 0 aromatic rings. The van der Waals surface area contributed by atoms with Gasteiger partial charge in [0, 0.05) is 64.8 Å². The molecule has 6 heteroatoms. The standard InChI is InChI=1S/C21H38N4O2/c1-16(2)24-12-10-23(11-13-24)8-5-19-20(27-19)25-9-7-21(15-25)6-4-18(14-21)22-17(3)26/h16,18-20H,4-15H2,1-3H3,(H,22,26). The predicted octanol–water partition coefficient (Wildman–Crippen LogP) is 1.51. The van der Waals surface area contributed by atoms with Gasteiger partial charge in [-0.1, -0.05) is 0 Å². The highest BCUT2D eigenvalue weighted by molar-refractivity contribution is 5.73. The molecule has 4 unspecified atom stereocenters. The van der Waals surface area contributed by atoms with Gasteiger partial charge < -0.3 is 15.0 Å². The van der Waals surface area contributed by atoms with E-state index in [1.807, 2.05) is 0 Å². The number of nitrogens with one attached hydrogen (secondary N) is 1. The van der Waals surface area contributed by atoms with Crippen molar-refractivity contribution in [3.05, 3.63) is 0 Å². The Morgan fingerprint density at radius 3 is 2.67 bits per heavy atom. The second-order valence-electron chi connectivity index (χ2n) is 9.69. The third-order valence-electron chi connectivity index (χ3n) is 7.36. The first-order valence-electron chi connectivity index (χ1n) is 11.1. The highest BCUT2D eigenvalue weighted by Crippen LogP contribution is 2.48. The maximum atomic E-state index is 11.3. The molecular formula is C21H38N4O2. The number of likely N-dealkylation sites (tertiary alicyclic amines) is 1. The van der Waals surface area contributed by atoms with Crippen LogP contribution >= 0.6 is 0 Å². The number of ether oxygens (including phenoxy) is 1. The molecule has 0 radical (unpaired) electrons. The Morgan fingerprint density at radius 2 is 1.96 bits per heavy atom. The Balaban J connectivity index is 1.16. The van der Waals surface area contributed by atoms with Crippen molar-refractivity contribution < 1.29 is 9.53 Å². The van der Waals surface area contributed by atoms with Gasteiger partial charge in [0.05, 0.1) is 0 Å². The number of carbonyl (C=O) groups excluding carboxylic acids is 1. The number of rotatable bonds is 6. The topological polar surface area (TPSA) is 51.4 Å². The maximum Gasteiger partial charge on any atom is 0.217 e. The van der Waals surface area contributed by atoms with E-state index in [0.29, 0.717) is 29.8 Å². The van der Waals surface area contributed by atoms with Gasteiger partial charge in [-0.05, 0) is 51.4 Å². The Bertz CT molecular complexity index is 534. The van der Waals surface area contributed by atoms with E-state index in [1.165, 1.54) is 58.5 Å². The van der Waals surface area contributed by atoms with Gasteiger partial charge in [0.15, 0.2) is 0 Å². The molecule has 154 valence electrons. The molecule has 0 aromatic heterocycles. The molecule has 3 saturated heterocycles. The van der Waals surface area contributed by atoms with Gasteiger partial charge in [0.1, 0.15) is 12.3 Å². The summed E-state index contributed by atoms with van der Waals surface area (Å²) in [5.41, 5.74) is 0.427. The molecule has 3 aliphatic heterocycles. The zero-order valence-corrected chi connectivity index (χ0v) is 17.5. The molecule has 3 heterocycles. The summed E-state index contributed by atoms with van der Waals surface area (Å²) >= 11 is 0. The van der Waals surface area contributed by atoms with Crippen molar-refractivity contribution in [2.24, 2.45) is 5.41 Å². The Labute approximate surface area is 164 Å². The Hall–Kier alpha value is -0.690. The predicted molar refractivity (Wildman–Crippen MR) is 107 cm³/mol. The number of carbonyl (C=O) groups is 1. The SMILES string of the molecule is CC(=O)NC1CCC2(CCN(C3OC3CCN3CCN(C(C)C)CC3)C2)C1. The van der Waals surface area contributed by atoms with Crippen LogP contribution in [0.15, 0.2) is 0 Å². The number of amides is 1. The van der Waals surface area contributed by atoms with Crippen molar-refractivity contribution in [1.29, 1.82) is 0 Å². The first kappa shape index (κ1) is 19.6. The fourth-order valence-corrected chi connectivity index (χ4v) is 5.65. The largest absolute Gasteiger partial charge is 0.354 e. The third kappa shape index (κ3) is 4.66. The van der Waals surface area contributed by atoms with Crippen molar-refractivity contribution in [2.45, 2.75) is 77.3 Å². The van der Waals surface area contributed by atoms with Gasteiger partial charge in [0.2, 0.25) is 5.91 Å². The van der Waals surface area contributed by atoms with E-state index < -0.39 is 0 Å². The number of hydrogen-bond acceptors (Lipinski definition) is 5. The Kier molecular flexibility index (Phi) is 5.79. The number of hydrogen-bond donors (Lipinski definition) is 1. The van der Waals surface area contributed by atoms with Crippen LogP contribution in [0, 0.1) is 5.41 Å². The minimum absolute atomic E-state index is 0.117. The Morgan fingerprint density at radius 1 is 1.19 bits per heavy atom. The molecular weight excluding hydrogens is 340 g/mol. The summed E-state index contributed by atoms with van der Waals surface area (Å²) in [6.45, 7) is 14.5. The lowest BCUT2D eigenvalue weighted by atomic mass is 9.85. The molecule has 1 spiro atoms. The molecule has 0 bridgehead atoms. The second kappa shape index (κ2) is 7.97. The summed E-state index contributed by atoms with van der Waals surface area (Å²) in [6.07, 6.45) is 6.80. The molecule has 4 fully saturated rings. The van der Waals surface area contributed by atoms with E-state index in [1.54, 1.807) is 6.92 Å². The minimum Gasteiger partial charge on any atom is -0.354 e. The van der Waals surface area contributed by atoms with Gasteiger partial charge in [-0.25, -0.2) is 0 Å². The van der Waals surface area contributed by atoms with Crippen LogP contribution in [0.3, 0.4) is 0 Å². The van der Waals surface area contributed by atoms with Gasteiger partial charge in [-0.15, -0.1) is 0 Å². The van der Waals surface area contributed by atoms with E-state index in [0.717, 1.165) is 19.4 Å². The number of piperazine rings is 1. The molecule has 27 heavy (non-hydrogen) atoms. The summed E-state index contributed by atoms with van der Waals surface area (Å²) < 4.78 is 6.06. The van der Waals surface area contributed by atoms with Crippen molar-refractivity contribution in [2.75, 3.05) is 45.8 Å². The molecule has 6 nitrogen and oxygen atoms in total. The first-order chi connectivity index (χ1) is 12.9. The maximum absolute atomic E-state index is 11.3. The van der Waals surface area contributed by atoms with Crippen LogP contribution in [-0.4, -0.2) is 90.8 Å². The van der Waals surface area contributed by atoms with Crippen molar-refractivity contribution in [1.82, 2.24) is 20.0 Å². The molecule has 4 atom stereocenters. The van der Waals surface area contributed by atoms with Gasteiger partial charge >= 0.3 is 0 Å². The van der Waals surface area contributed by atoms with Gasteiger partial charge in [-0.3, -0.25) is 14.6 Å². The average molecular weight is 379 g/mol. The van der Waals surface area contributed by atoms with Gasteiger partial charge in [-0.2, -0.15) is 0 Å². The van der Waals surface area contributed by atoms with E-state index in [4.69, 9.17) is 4.74 Å². The molecule has 0 aromatic carbocycles. The lowest BCUT2D eigenvalue weighted by Gasteiger charge is -2.36. The molecule has 4 rings (SSSR count). The number of nitrogens with zero attached hydrogens (tertiary/aromatic N) is 3. The highest BCUT2D eigenvalue weighted by Gasteiger charge is 2.51. The zero-order chi connectivity index (χ0) is 19.0. The number of epoxide rings is 1. The van der Waals surface area contributed by atoms with E-state index >= 15 is 0 Å². The highest BCUT2D eigenvalue weighted by atomic mass is 16.6. The molecule has 1 amide bonds. The van der Waals surface area contributed by atoms with Crippen molar-refractivity contribution in [3.63, 3.8) is 0 Å². The van der Waals surface area contributed by atoms with Gasteiger partial charge in [0.25, 0.3) is 0 Å². The lowest BCUT2D eigenvalue weighted by Crippen LogP contribution is -2.49. The molecule has 1 saturated carbocycles. The van der Waals surface area contributed by atoms with Crippen LogP contribution in [0.2, 0.25) is 0 Å². The second-order valence-corrected chi connectivity index (χ2v) is 9.69. The van der Waals surface area contributed by atoms with E-state index in [2.05, 4.69) is 33.9 Å². The summed E-state index contributed by atoms with van der Waals surface area (Å²) in [5.74, 6) is 0.117. The summed E-state index contributed by atoms with van der Waals surface area (Å²) in [5, 5.41) is 3.13. The monoisotopic (exact) mass is 378 g/mol. The summed E-state index contributed by atoms with van der Waals surface area (Å²) in [4.78, 5) is 19.1. The molecule has 1 aliphatic carbocycles. The van der Waals surface area contributed by atoms with Crippen molar-refractivity contribution in [3.8, 4) is 0 Å². The van der Waals surface area contributed by atoms with Crippen LogP contribution in [0.4, 0.5) is 0 Å². The fraction of sp³-hybridized carbons (Fsp3) is 0.952. The quantitative estimate of drug-likeness (QED) is 0.710. The smallest absolute Gasteiger partial charge is 0.217 e. The molecule has 4 aliphatic rings. The fourth-order valence-electron chi connectivity index (χ4n) is 5.65. The first-order valence-corrected chi connectivity index (χ1v) is 11.1. The van der Waals surface area contributed by atoms with Crippen LogP contribution < -0.4 is 5.32 Å². The van der Waals surface area contributed by atoms with Crippen LogP contribution in [0.1, 0.15) is 52.9 Å². The normalized spacial score (nSPS) is 38.1. The van der Waals surface area contributed by atoms with Crippen molar-refractivity contribution >= 4 is 5.91 Å². The van der Waals surface area contributed by atoms with E-state index in [-0.39, 0.29) is 5.91 Å². The average Bonchev–Trinajstić information content (AvgIpc) is 3.14.